The number of rotatable bonds is 13. The second kappa shape index (κ2) is 10.9. The summed E-state index contributed by atoms with van der Waals surface area (Å²) in [4.78, 5) is 18.4. The van der Waals surface area contributed by atoms with Gasteiger partial charge in [-0.2, -0.15) is 16.8 Å². The van der Waals surface area contributed by atoms with Crippen molar-refractivity contribution in [2.24, 2.45) is 10.8 Å². The van der Waals surface area contributed by atoms with E-state index >= 15 is 0 Å². The first-order valence-electron chi connectivity index (χ1n) is 11.1. The Morgan fingerprint density at radius 1 is 0.931 bits per heavy atom. The van der Waals surface area contributed by atoms with Gasteiger partial charge in [0.05, 0.1) is 7.11 Å². The summed E-state index contributed by atoms with van der Waals surface area (Å²) in [6.45, 7) is 27.3. The highest BCUT2D eigenvalue weighted by molar-refractivity contribution is 8.01. The van der Waals surface area contributed by atoms with Crippen LogP contribution >= 0.6 is 11.8 Å². The standard InChI is InChI=1S/C24H50N2O2S/c1-18(2)26(28-13)23(9,10)15-22(7,8)17-25-20(27)14-21(5,6)16-24(11,12)29-19(3)4/h18-19H,14-17H2,1-13H3,(H,25,27). The van der Waals surface area contributed by atoms with Crippen molar-refractivity contribution in [3.8, 4) is 0 Å². The highest BCUT2D eigenvalue weighted by atomic mass is 32.2. The van der Waals surface area contributed by atoms with Crippen molar-refractivity contribution in [3.63, 3.8) is 0 Å². The van der Waals surface area contributed by atoms with E-state index in [4.69, 9.17) is 4.84 Å². The van der Waals surface area contributed by atoms with E-state index in [2.05, 4.69) is 88.4 Å². The molecule has 5 heteroatoms. The van der Waals surface area contributed by atoms with Crippen LogP contribution in [0.1, 0.15) is 102 Å². The Labute approximate surface area is 186 Å². The highest BCUT2D eigenvalue weighted by Gasteiger charge is 2.36. The number of hydrogen-bond donors (Lipinski definition) is 1. The highest BCUT2D eigenvalue weighted by Crippen LogP contribution is 2.40. The molecule has 0 spiro atoms. The van der Waals surface area contributed by atoms with Crippen LogP contribution in [0.5, 0.6) is 0 Å². The summed E-state index contributed by atoms with van der Waals surface area (Å²) in [5, 5.41) is 5.85. The lowest BCUT2D eigenvalue weighted by atomic mass is 9.78. The first kappa shape index (κ1) is 28.7. The van der Waals surface area contributed by atoms with Gasteiger partial charge in [-0.05, 0) is 56.6 Å². The van der Waals surface area contributed by atoms with E-state index in [0.29, 0.717) is 24.3 Å². The molecule has 1 amide bonds. The van der Waals surface area contributed by atoms with Crippen molar-refractivity contribution >= 4 is 17.7 Å². The molecule has 0 aromatic carbocycles. The molecule has 0 saturated carbocycles. The molecule has 29 heavy (non-hydrogen) atoms. The van der Waals surface area contributed by atoms with Gasteiger partial charge < -0.3 is 10.2 Å². The van der Waals surface area contributed by atoms with Crippen LogP contribution in [-0.2, 0) is 9.63 Å². The zero-order chi connectivity index (χ0) is 23.3. The number of thioether (sulfide) groups is 1. The third-order valence-electron chi connectivity index (χ3n) is 5.04. The number of hydrogen-bond acceptors (Lipinski definition) is 4. The van der Waals surface area contributed by atoms with Crippen LogP contribution in [0.2, 0.25) is 0 Å². The third-order valence-corrected chi connectivity index (χ3v) is 6.29. The molecule has 0 aliphatic rings. The summed E-state index contributed by atoms with van der Waals surface area (Å²) in [6.07, 6.45) is 2.50. The minimum absolute atomic E-state index is 0.0244. The molecular formula is C24H50N2O2S. The lowest BCUT2D eigenvalue weighted by molar-refractivity contribution is -0.220. The topological polar surface area (TPSA) is 41.6 Å². The molecule has 0 aromatic heterocycles. The Morgan fingerprint density at radius 3 is 1.86 bits per heavy atom. The molecule has 174 valence electrons. The Kier molecular flexibility index (Phi) is 10.8. The average molecular weight is 431 g/mol. The maximum absolute atomic E-state index is 12.7. The zero-order valence-electron chi connectivity index (χ0n) is 21.7. The molecule has 0 saturated heterocycles. The average Bonchev–Trinajstić information content (AvgIpc) is 2.40. The molecule has 1 N–H and O–H groups in total. The number of carbonyl (C=O) groups is 1. The predicted octanol–water partition coefficient (Wildman–Crippen LogP) is 6.30. The van der Waals surface area contributed by atoms with Gasteiger partial charge in [-0.25, -0.2) is 0 Å². The van der Waals surface area contributed by atoms with Crippen molar-refractivity contribution < 1.29 is 9.63 Å². The Balaban J connectivity index is 4.82. The lowest BCUT2D eigenvalue weighted by Gasteiger charge is -2.43. The summed E-state index contributed by atoms with van der Waals surface area (Å²) in [7, 11) is 1.73. The molecule has 0 rings (SSSR count). The van der Waals surface area contributed by atoms with Crippen molar-refractivity contribution in [3.05, 3.63) is 0 Å². The third kappa shape index (κ3) is 11.6. The van der Waals surface area contributed by atoms with Gasteiger partial charge in [0.1, 0.15) is 0 Å². The molecule has 0 aromatic rings. The van der Waals surface area contributed by atoms with E-state index in [-0.39, 0.29) is 27.0 Å². The van der Waals surface area contributed by atoms with E-state index in [0.717, 1.165) is 12.8 Å². The van der Waals surface area contributed by atoms with Crippen LogP contribution < -0.4 is 5.32 Å². The fourth-order valence-electron chi connectivity index (χ4n) is 5.20. The monoisotopic (exact) mass is 430 g/mol. The van der Waals surface area contributed by atoms with Gasteiger partial charge in [0.25, 0.3) is 0 Å². The first-order chi connectivity index (χ1) is 12.8. The van der Waals surface area contributed by atoms with Crippen LogP contribution in [0.4, 0.5) is 0 Å². The molecule has 0 fully saturated rings. The smallest absolute Gasteiger partial charge is 0.220 e. The summed E-state index contributed by atoms with van der Waals surface area (Å²) >= 11 is 1.99. The largest absolute Gasteiger partial charge is 0.356 e. The van der Waals surface area contributed by atoms with E-state index in [1.54, 1.807) is 7.11 Å². The van der Waals surface area contributed by atoms with Gasteiger partial charge in [0.2, 0.25) is 5.91 Å². The van der Waals surface area contributed by atoms with Crippen LogP contribution in [0.3, 0.4) is 0 Å². The fraction of sp³-hybridized carbons (Fsp3) is 0.958. The Hall–Kier alpha value is -0.260. The van der Waals surface area contributed by atoms with Gasteiger partial charge in [0.15, 0.2) is 0 Å². The second-order valence-corrected chi connectivity index (χ2v) is 14.3. The van der Waals surface area contributed by atoms with E-state index in [1.807, 2.05) is 16.8 Å². The number of hydroxylamine groups is 2. The number of amides is 1. The summed E-state index contributed by atoms with van der Waals surface area (Å²) in [5.41, 5.74) is -0.167. The van der Waals surface area contributed by atoms with E-state index in [9.17, 15) is 4.79 Å². The number of nitrogens with zero attached hydrogens (tertiary/aromatic N) is 1. The molecule has 0 unspecified atom stereocenters. The molecule has 0 atom stereocenters. The predicted molar refractivity (Wildman–Crippen MR) is 129 cm³/mol. The van der Waals surface area contributed by atoms with Crippen molar-refractivity contribution in [2.45, 2.75) is 124 Å². The maximum Gasteiger partial charge on any atom is 0.220 e. The SMILES string of the molecule is CON(C(C)C)C(C)(C)CC(C)(C)CNC(=O)CC(C)(C)CC(C)(C)SC(C)C. The van der Waals surface area contributed by atoms with Crippen LogP contribution in [0.15, 0.2) is 0 Å². The van der Waals surface area contributed by atoms with Gasteiger partial charge in [-0.15, -0.1) is 0 Å². The van der Waals surface area contributed by atoms with E-state index < -0.39 is 0 Å². The second-order valence-electron chi connectivity index (χ2n) is 12.0. The molecule has 0 aliphatic heterocycles. The van der Waals surface area contributed by atoms with Gasteiger partial charge >= 0.3 is 0 Å². The normalized spacial score (nSPS) is 14.2. The quantitative estimate of drug-likeness (QED) is 0.348. The molecular weight excluding hydrogens is 380 g/mol. The fourth-order valence-corrected chi connectivity index (χ4v) is 6.95. The number of carbonyl (C=O) groups excluding carboxylic acids is 1. The molecule has 0 heterocycles. The minimum atomic E-state index is -0.117. The summed E-state index contributed by atoms with van der Waals surface area (Å²) in [5.74, 6) is 0.152. The molecule has 0 aliphatic carbocycles. The Bertz CT molecular complexity index is 511. The van der Waals surface area contributed by atoms with Crippen molar-refractivity contribution in [1.82, 2.24) is 10.4 Å². The lowest BCUT2D eigenvalue weighted by Crippen LogP contribution is -2.51. The van der Waals surface area contributed by atoms with Crippen LogP contribution in [0, 0.1) is 10.8 Å². The van der Waals surface area contributed by atoms with Crippen molar-refractivity contribution in [1.29, 1.82) is 0 Å². The van der Waals surface area contributed by atoms with E-state index in [1.165, 1.54) is 0 Å². The van der Waals surface area contributed by atoms with Gasteiger partial charge in [-0.3, -0.25) is 4.79 Å². The molecule has 4 nitrogen and oxygen atoms in total. The molecule has 0 radical (unpaired) electrons. The Morgan fingerprint density at radius 2 is 1.45 bits per heavy atom. The zero-order valence-corrected chi connectivity index (χ0v) is 22.5. The summed E-state index contributed by atoms with van der Waals surface area (Å²) < 4.78 is 0.168. The maximum atomic E-state index is 12.7. The first-order valence-corrected chi connectivity index (χ1v) is 12.0. The number of nitrogens with one attached hydrogen (secondary N) is 1. The van der Waals surface area contributed by atoms with Crippen LogP contribution in [0.25, 0.3) is 0 Å². The van der Waals surface area contributed by atoms with Crippen LogP contribution in [-0.4, -0.2) is 46.2 Å². The summed E-state index contributed by atoms with van der Waals surface area (Å²) in [6, 6.07) is 0.299. The van der Waals surface area contributed by atoms with Gasteiger partial charge in [0, 0.05) is 29.3 Å². The molecule has 0 bridgehead atoms. The minimum Gasteiger partial charge on any atom is -0.356 e. The van der Waals surface area contributed by atoms with Crippen molar-refractivity contribution in [2.75, 3.05) is 13.7 Å². The van der Waals surface area contributed by atoms with Gasteiger partial charge in [-0.1, -0.05) is 55.4 Å².